The fourth-order valence-corrected chi connectivity index (χ4v) is 2.31. The monoisotopic (exact) mass is 361 g/mol. The molecule has 3 rings (SSSR count). The molecule has 1 amide bonds. The van der Waals surface area contributed by atoms with Gasteiger partial charge in [-0.1, -0.05) is 24.3 Å². The zero-order valence-electron chi connectivity index (χ0n) is 13.7. The molecule has 1 N–H and O–H groups in total. The van der Waals surface area contributed by atoms with Crippen molar-refractivity contribution in [3.63, 3.8) is 0 Å². The van der Waals surface area contributed by atoms with Gasteiger partial charge in [0, 0.05) is 11.3 Å². The van der Waals surface area contributed by atoms with Crippen LogP contribution >= 0.6 is 0 Å². The van der Waals surface area contributed by atoms with Crippen molar-refractivity contribution >= 4 is 11.6 Å². The number of tetrazole rings is 1. The van der Waals surface area contributed by atoms with E-state index in [1.165, 1.54) is 12.1 Å². The molecule has 0 saturated heterocycles. The second-order valence-electron chi connectivity index (χ2n) is 5.64. The molecule has 0 aliphatic heterocycles. The maximum atomic E-state index is 12.8. The molecule has 134 valence electrons. The van der Waals surface area contributed by atoms with Gasteiger partial charge in [0.25, 0.3) is 0 Å². The van der Waals surface area contributed by atoms with Gasteiger partial charge in [0.1, 0.15) is 6.54 Å². The molecule has 0 fully saturated rings. The van der Waals surface area contributed by atoms with Crippen LogP contribution in [0.2, 0.25) is 0 Å². The molecule has 0 aliphatic carbocycles. The molecule has 0 bridgehead atoms. The van der Waals surface area contributed by atoms with E-state index < -0.39 is 11.7 Å². The van der Waals surface area contributed by atoms with Gasteiger partial charge in [-0.05, 0) is 42.0 Å². The van der Waals surface area contributed by atoms with Crippen LogP contribution in [0.1, 0.15) is 11.1 Å². The van der Waals surface area contributed by atoms with Gasteiger partial charge in [-0.15, -0.1) is 10.2 Å². The molecule has 0 atom stereocenters. The summed E-state index contributed by atoms with van der Waals surface area (Å²) in [6, 6.07) is 11.9. The summed E-state index contributed by atoms with van der Waals surface area (Å²) in [6.45, 7) is 1.69. The fraction of sp³-hybridized carbons (Fsp3) is 0.176. The van der Waals surface area contributed by atoms with Gasteiger partial charge in [0.2, 0.25) is 11.7 Å². The summed E-state index contributed by atoms with van der Waals surface area (Å²) < 4.78 is 38.3. The number of halogens is 3. The molecule has 26 heavy (non-hydrogen) atoms. The molecule has 6 nitrogen and oxygen atoms in total. The van der Waals surface area contributed by atoms with E-state index in [-0.39, 0.29) is 23.8 Å². The Kier molecular flexibility index (Phi) is 4.70. The molecular weight excluding hydrogens is 347 g/mol. The number of carbonyl (C=O) groups excluding carboxylic acids is 1. The van der Waals surface area contributed by atoms with E-state index in [4.69, 9.17) is 0 Å². The Morgan fingerprint density at radius 2 is 1.92 bits per heavy atom. The highest BCUT2D eigenvalue weighted by atomic mass is 19.4. The van der Waals surface area contributed by atoms with E-state index in [0.717, 1.165) is 22.5 Å². The van der Waals surface area contributed by atoms with E-state index in [0.29, 0.717) is 5.69 Å². The molecule has 3 aromatic rings. The first-order valence-electron chi connectivity index (χ1n) is 7.63. The third-order valence-electron chi connectivity index (χ3n) is 3.49. The smallest absolute Gasteiger partial charge is 0.324 e. The normalized spacial score (nSPS) is 11.4. The third kappa shape index (κ3) is 4.24. The molecule has 1 heterocycles. The predicted molar refractivity (Wildman–Crippen MR) is 88.1 cm³/mol. The number of anilines is 1. The number of carbonyl (C=O) groups is 1. The Balaban J connectivity index is 1.71. The largest absolute Gasteiger partial charge is 0.416 e. The van der Waals surface area contributed by atoms with E-state index in [1.807, 2.05) is 19.1 Å². The van der Waals surface area contributed by atoms with Crippen molar-refractivity contribution in [3.05, 3.63) is 59.7 Å². The molecular formula is C17H14F3N5O. The lowest BCUT2D eigenvalue weighted by Crippen LogP contribution is -2.20. The van der Waals surface area contributed by atoms with Gasteiger partial charge in [-0.25, -0.2) is 0 Å². The van der Waals surface area contributed by atoms with Crippen LogP contribution in [-0.2, 0) is 17.5 Å². The van der Waals surface area contributed by atoms with Gasteiger partial charge in [-0.3, -0.25) is 4.79 Å². The number of hydrogen-bond donors (Lipinski definition) is 1. The first-order chi connectivity index (χ1) is 12.3. The van der Waals surface area contributed by atoms with Crippen LogP contribution in [0.3, 0.4) is 0 Å². The Hall–Kier alpha value is -3.23. The predicted octanol–water partition coefficient (Wildman–Crippen LogP) is 3.31. The second-order valence-corrected chi connectivity index (χ2v) is 5.64. The SMILES string of the molecule is Cc1cccc(NC(=O)Cn2nnc(-c3cccc(C(F)(F)F)c3)n2)c1. The average molecular weight is 361 g/mol. The van der Waals surface area contributed by atoms with Gasteiger partial charge in [-0.2, -0.15) is 18.0 Å². The Bertz CT molecular complexity index is 936. The minimum Gasteiger partial charge on any atom is -0.324 e. The average Bonchev–Trinajstić information content (AvgIpc) is 3.02. The first-order valence-corrected chi connectivity index (χ1v) is 7.63. The maximum Gasteiger partial charge on any atom is 0.416 e. The molecule has 0 unspecified atom stereocenters. The van der Waals surface area contributed by atoms with E-state index in [9.17, 15) is 18.0 Å². The summed E-state index contributed by atoms with van der Waals surface area (Å²) in [6.07, 6.45) is -4.46. The minimum atomic E-state index is -4.46. The van der Waals surface area contributed by atoms with Crippen molar-refractivity contribution in [1.29, 1.82) is 0 Å². The van der Waals surface area contributed by atoms with Gasteiger partial charge < -0.3 is 5.32 Å². The van der Waals surface area contributed by atoms with Gasteiger partial charge >= 0.3 is 6.18 Å². The number of hydrogen-bond acceptors (Lipinski definition) is 4. The Morgan fingerprint density at radius 3 is 2.65 bits per heavy atom. The van der Waals surface area contributed by atoms with Gasteiger partial charge in [0.15, 0.2) is 0 Å². The van der Waals surface area contributed by atoms with Crippen molar-refractivity contribution in [1.82, 2.24) is 20.2 Å². The van der Waals surface area contributed by atoms with Crippen LogP contribution < -0.4 is 5.32 Å². The molecule has 0 saturated carbocycles. The highest BCUT2D eigenvalue weighted by molar-refractivity contribution is 5.90. The van der Waals surface area contributed by atoms with Gasteiger partial charge in [0.05, 0.1) is 5.56 Å². The summed E-state index contributed by atoms with van der Waals surface area (Å²) in [7, 11) is 0. The lowest BCUT2D eigenvalue weighted by molar-refractivity contribution is -0.137. The summed E-state index contributed by atoms with van der Waals surface area (Å²) in [4.78, 5) is 13.1. The topological polar surface area (TPSA) is 72.7 Å². The number of aromatic nitrogens is 4. The van der Waals surface area contributed by atoms with Crippen molar-refractivity contribution in [3.8, 4) is 11.4 Å². The fourth-order valence-electron chi connectivity index (χ4n) is 2.31. The maximum absolute atomic E-state index is 12.8. The van der Waals surface area contributed by atoms with Crippen LogP contribution in [0.15, 0.2) is 48.5 Å². The van der Waals surface area contributed by atoms with E-state index in [2.05, 4.69) is 20.7 Å². The molecule has 0 aliphatic rings. The second kappa shape index (κ2) is 6.95. The minimum absolute atomic E-state index is 0.0134. The number of alkyl halides is 3. The zero-order valence-corrected chi connectivity index (χ0v) is 13.7. The van der Waals surface area contributed by atoms with Crippen LogP contribution in [0.5, 0.6) is 0 Å². The van der Waals surface area contributed by atoms with Crippen LogP contribution in [0.25, 0.3) is 11.4 Å². The van der Waals surface area contributed by atoms with Crippen molar-refractivity contribution in [2.75, 3.05) is 5.32 Å². The standard InChI is InChI=1S/C17H14F3N5O/c1-11-4-2-7-14(8-11)21-15(26)10-25-23-16(22-24-25)12-5-3-6-13(9-12)17(18,19)20/h2-9H,10H2,1H3,(H,21,26). The van der Waals surface area contributed by atoms with E-state index >= 15 is 0 Å². The summed E-state index contributed by atoms with van der Waals surface area (Å²) in [5, 5.41) is 14.1. The number of aryl methyl sites for hydroxylation is 1. The lowest BCUT2D eigenvalue weighted by Gasteiger charge is -2.06. The van der Waals surface area contributed by atoms with Crippen LogP contribution in [0, 0.1) is 6.92 Å². The quantitative estimate of drug-likeness (QED) is 0.774. The first kappa shape index (κ1) is 17.6. The number of nitrogens with zero attached hydrogens (tertiary/aromatic N) is 4. The molecule has 1 aromatic heterocycles. The molecule has 9 heteroatoms. The summed E-state index contributed by atoms with van der Waals surface area (Å²) in [5.74, 6) is -0.358. The molecule has 2 aromatic carbocycles. The van der Waals surface area contributed by atoms with Crippen molar-refractivity contribution in [2.45, 2.75) is 19.6 Å². The third-order valence-corrected chi connectivity index (χ3v) is 3.49. The van der Waals surface area contributed by atoms with Crippen molar-refractivity contribution < 1.29 is 18.0 Å². The number of benzene rings is 2. The van der Waals surface area contributed by atoms with Crippen LogP contribution in [-0.4, -0.2) is 26.1 Å². The number of rotatable bonds is 4. The Labute approximate surface area is 146 Å². The Morgan fingerprint density at radius 1 is 1.15 bits per heavy atom. The number of nitrogens with one attached hydrogen (secondary N) is 1. The van der Waals surface area contributed by atoms with Crippen molar-refractivity contribution in [2.24, 2.45) is 0 Å². The molecule has 0 spiro atoms. The van der Waals surface area contributed by atoms with E-state index in [1.54, 1.807) is 12.1 Å². The lowest BCUT2D eigenvalue weighted by atomic mass is 10.1. The summed E-state index contributed by atoms with van der Waals surface area (Å²) in [5.41, 5.74) is 0.996. The zero-order chi connectivity index (χ0) is 18.7. The number of amides is 1. The highest BCUT2D eigenvalue weighted by Gasteiger charge is 2.30. The van der Waals surface area contributed by atoms with Crippen LogP contribution in [0.4, 0.5) is 18.9 Å². The highest BCUT2D eigenvalue weighted by Crippen LogP contribution is 2.31. The molecule has 0 radical (unpaired) electrons. The summed E-state index contributed by atoms with van der Waals surface area (Å²) >= 11 is 0.